The van der Waals surface area contributed by atoms with Crippen LogP contribution in [0.3, 0.4) is 0 Å². The number of hydrogen-bond donors (Lipinski definition) is 0. The monoisotopic (exact) mass is 841 g/mol. The summed E-state index contributed by atoms with van der Waals surface area (Å²) in [7, 11) is 0. The molecule has 0 radical (unpaired) electrons. The Morgan fingerprint density at radius 1 is 0.242 bits per heavy atom. The van der Waals surface area contributed by atoms with Crippen LogP contribution in [-0.4, -0.2) is 0 Å². The van der Waals surface area contributed by atoms with E-state index in [2.05, 4.69) is 254 Å². The summed E-state index contributed by atoms with van der Waals surface area (Å²) in [4.78, 5) is 2.35. The quantitative estimate of drug-likeness (QED) is 0.144. The molecule has 0 aliphatic heterocycles. The number of anilines is 3. The molecule has 0 saturated heterocycles. The van der Waals surface area contributed by atoms with Gasteiger partial charge in [-0.1, -0.05) is 200 Å². The number of hydrogen-bond acceptors (Lipinski definition) is 2. The SMILES string of the molecule is c1ccc(-c2c(-c3cccc(-c4ccc(-c5ccc(N(c6ccc(-c7ccc8ccccc8c7)cc6)c6ccc(-c7ccc8ccccc8c7)cc6)cc5)cc4)c3)oc3ccccc23)cc1. The molecule has 12 aromatic rings. The van der Waals surface area contributed by atoms with E-state index in [1.165, 1.54) is 43.8 Å². The van der Waals surface area contributed by atoms with Crippen molar-refractivity contribution in [2.45, 2.75) is 0 Å². The molecule has 12 rings (SSSR count). The highest BCUT2D eigenvalue weighted by Gasteiger charge is 2.19. The Bertz CT molecular complexity index is 3540. The third-order valence-corrected chi connectivity index (χ3v) is 12.9. The van der Waals surface area contributed by atoms with Gasteiger partial charge in [-0.3, -0.25) is 0 Å². The van der Waals surface area contributed by atoms with Crippen LogP contribution in [0, 0.1) is 0 Å². The Labute approximate surface area is 384 Å². The van der Waals surface area contributed by atoms with Crippen LogP contribution >= 0.6 is 0 Å². The Kier molecular flexibility index (Phi) is 9.89. The average Bonchev–Trinajstić information content (AvgIpc) is 3.79. The van der Waals surface area contributed by atoms with Crippen molar-refractivity contribution in [3.8, 4) is 67.0 Å². The first kappa shape index (κ1) is 38.9. The van der Waals surface area contributed by atoms with E-state index in [9.17, 15) is 0 Å². The first-order chi connectivity index (χ1) is 32.7. The van der Waals surface area contributed by atoms with E-state index < -0.39 is 0 Å². The molecular weight excluding hydrogens is 799 g/mol. The maximum absolute atomic E-state index is 6.56. The van der Waals surface area contributed by atoms with Crippen molar-refractivity contribution >= 4 is 49.6 Å². The highest BCUT2D eigenvalue weighted by molar-refractivity contribution is 6.02. The van der Waals surface area contributed by atoms with Gasteiger partial charge in [0.25, 0.3) is 0 Å². The second kappa shape index (κ2) is 16.8. The van der Waals surface area contributed by atoms with Gasteiger partial charge in [-0.05, 0) is 132 Å². The van der Waals surface area contributed by atoms with Crippen molar-refractivity contribution in [3.63, 3.8) is 0 Å². The first-order valence-corrected chi connectivity index (χ1v) is 22.6. The minimum absolute atomic E-state index is 0.886. The molecule has 1 heterocycles. The van der Waals surface area contributed by atoms with Gasteiger partial charge in [-0.2, -0.15) is 0 Å². The maximum atomic E-state index is 6.56. The maximum Gasteiger partial charge on any atom is 0.143 e. The van der Waals surface area contributed by atoms with Gasteiger partial charge in [0, 0.05) is 33.6 Å². The van der Waals surface area contributed by atoms with Gasteiger partial charge in [0.05, 0.1) is 0 Å². The second-order valence-electron chi connectivity index (χ2n) is 16.9. The van der Waals surface area contributed by atoms with Crippen molar-refractivity contribution in [1.82, 2.24) is 0 Å². The van der Waals surface area contributed by atoms with E-state index in [1.807, 2.05) is 12.1 Å². The molecule has 0 fully saturated rings. The fraction of sp³-hybridized carbons (Fsp3) is 0. The van der Waals surface area contributed by atoms with Crippen LogP contribution in [0.15, 0.2) is 265 Å². The van der Waals surface area contributed by atoms with Crippen molar-refractivity contribution in [2.75, 3.05) is 4.90 Å². The molecule has 1 aromatic heterocycles. The lowest BCUT2D eigenvalue weighted by atomic mass is 9.95. The number of rotatable bonds is 9. The Balaban J connectivity index is 0.850. The minimum Gasteiger partial charge on any atom is -0.455 e. The van der Waals surface area contributed by atoms with Gasteiger partial charge in [0.1, 0.15) is 11.3 Å². The highest BCUT2D eigenvalue weighted by Crippen LogP contribution is 2.43. The summed E-state index contributed by atoms with van der Waals surface area (Å²) in [6.45, 7) is 0. The topological polar surface area (TPSA) is 16.4 Å². The van der Waals surface area contributed by atoms with Crippen LogP contribution in [0.4, 0.5) is 17.1 Å². The van der Waals surface area contributed by atoms with Crippen molar-refractivity contribution < 1.29 is 4.42 Å². The number of benzene rings is 11. The summed E-state index contributed by atoms with van der Waals surface area (Å²) >= 11 is 0. The van der Waals surface area contributed by atoms with Gasteiger partial charge in [-0.15, -0.1) is 0 Å². The number of furan rings is 1. The molecule has 0 saturated carbocycles. The molecule has 0 atom stereocenters. The van der Waals surface area contributed by atoms with E-state index in [-0.39, 0.29) is 0 Å². The molecule has 0 unspecified atom stereocenters. The normalized spacial score (nSPS) is 11.3. The van der Waals surface area contributed by atoms with Gasteiger partial charge in [0.2, 0.25) is 0 Å². The highest BCUT2D eigenvalue weighted by atomic mass is 16.3. The number of fused-ring (bicyclic) bond motifs is 3. The van der Waals surface area contributed by atoms with Crippen LogP contribution in [0.2, 0.25) is 0 Å². The molecule has 2 nitrogen and oxygen atoms in total. The predicted octanol–water partition coefficient (Wildman–Crippen LogP) is 18.2. The van der Waals surface area contributed by atoms with Crippen molar-refractivity contribution in [1.29, 1.82) is 0 Å². The Hall–Kier alpha value is -8.72. The van der Waals surface area contributed by atoms with Crippen LogP contribution in [-0.2, 0) is 0 Å². The molecule has 2 heteroatoms. The molecule has 0 N–H and O–H groups in total. The van der Waals surface area contributed by atoms with Crippen molar-refractivity contribution in [2.24, 2.45) is 0 Å². The molecule has 66 heavy (non-hydrogen) atoms. The summed E-state index contributed by atoms with van der Waals surface area (Å²) in [5.74, 6) is 0.886. The van der Waals surface area contributed by atoms with Crippen LogP contribution < -0.4 is 4.90 Å². The van der Waals surface area contributed by atoms with Crippen molar-refractivity contribution in [3.05, 3.63) is 261 Å². The standard InChI is InChI=1S/C64H43NO/c1-2-13-51(14-3-1)63-61-19-8-9-20-62(61)66-64(63)57-18-10-17-54(43-57)48-23-21-46(22-24-48)47-29-35-58(36-30-47)65(59-37-31-49(32-38-59)55-27-25-44-11-4-6-15-52(44)41-55)60-39-33-50(34-40-60)56-28-26-45-12-5-7-16-53(45)42-56/h1-43H. The van der Waals surface area contributed by atoms with Gasteiger partial charge in [0.15, 0.2) is 0 Å². The van der Waals surface area contributed by atoms with E-state index in [0.717, 1.165) is 72.7 Å². The van der Waals surface area contributed by atoms with Gasteiger partial charge >= 0.3 is 0 Å². The number of nitrogens with zero attached hydrogens (tertiary/aromatic N) is 1. The van der Waals surface area contributed by atoms with Crippen LogP contribution in [0.5, 0.6) is 0 Å². The third-order valence-electron chi connectivity index (χ3n) is 12.9. The zero-order valence-corrected chi connectivity index (χ0v) is 36.2. The lowest BCUT2D eigenvalue weighted by Gasteiger charge is -2.26. The predicted molar refractivity (Wildman–Crippen MR) is 279 cm³/mol. The van der Waals surface area contributed by atoms with Crippen LogP contribution in [0.1, 0.15) is 0 Å². The summed E-state index contributed by atoms with van der Waals surface area (Å²) in [5, 5.41) is 6.10. The molecule has 0 amide bonds. The smallest absolute Gasteiger partial charge is 0.143 e. The molecule has 310 valence electrons. The molecule has 0 spiro atoms. The van der Waals surface area contributed by atoms with Gasteiger partial charge < -0.3 is 9.32 Å². The Morgan fingerprint density at radius 3 is 1.15 bits per heavy atom. The first-order valence-electron chi connectivity index (χ1n) is 22.6. The molecule has 0 aliphatic carbocycles. The van der Waals surface area contributed by atoms with E-state index in [1.54, 1.807) is 0 Å². The Morgan fingerprint density at radius 2 is 0.621 bits per heavy atom. The molecule has 0 aliphatic rings. The van der Waals surface area contributed by atoms with E-state index in [4.69, 9.17) is 4.42 Å². The van der Waals surface area contributed by atoms with Crippen LogP contribution in [0.25, 0.3) is 99.5 Å². The fourth-order valence-corrected chi connectivity index (χ4v) is 9.43. The zero-order valence-electron chi connectivity index (χ0n) is 36.2. The summed E-state index contributed by atoms with van der Waals surface area (Å²) in [5.41, 5.74) is 16.9. The fourth-order valence-electron chi connectivity index (χ4n) is 9.43. The third kappa shape index (κ3) is 7.41. The molecule has 11 aromatic carbocycles. The summed E-state index contributed by atoms with van der Waals surface area (Å²) < 4.78 is 6.56. The minimum atomic E-state index is 0.886. The second-order valence-corrected chi connectivity index (χ2v) is 16.9. The lowest BCUT2D eigenvalue weighted by molar-refractivity contribution is 0.632. The summed E-state index contributed by atoms with van der Waals surface area (Å²) in [6.07, 6.45) is 0. The zero-order chi connectivity index (χ0) is 43.8. The number of para-hydroxylation sites is 1. The van der Waals surface area contributed by atoms with E-state index in [0.29, 0.717) is 0 Å². The lowest BCUT2D eigenvalue weighted by Crippen LogP contribution is -2.09. The van der Waals surface area contributed by atoms with E-state index >= 15 is 0 Å². The molecular formula is C64H43NO. The van der Waals surface area contributed by atoms with Gasteiger partial charge in [-0.25, -0.2) is 0 Å². The largest absolute Gasteiger partial charge is 0.455 e. The average molecular weight is 842 g/mol. The molecule has 0 bridgehead atoms. The summed E-state index contributed by atoms with van der Waals surface area (Å²) in [6, 6.07) is 93.7.